The van der Waals surface area contributed by atoms with E-state index in [0.29, 0.717) is 5.92 Å². The first-order valence-electron chi connectivity index (χ1n) is 4.39. The zero-order valence-corrected chi connectivity index (χ0v) is 8.88. The minimum Gasteiger partial charge on any atom is -0.141 e. The Bertz CT molecular complexity index is 355. The van der Waals surface area contributed by atoms with Crippen LogP contribution >= 0.6 is 11.3 Å². The normalized spacial score (nSPS) is 21.8. The Kier molecular flexibility index (Phi) is 1.65. The quantitative estimate of drug-likeness (QED) is 0.564. The van der Waals surface area contributed by atoms with Gasteiger partial charge in [0.05, 0.1) is 0 Å². The maximum absolute atomic E-state index is 2.34. The molecule has 0 saturated carbocycles. The second-order valence-electron chi connectivity index (χ2n) is 3.67. The van der Waals surface area contributed by atoms with Gasteiger partial charge in [-0.25, -0.2) is 0 Å². The summed E-state index contributed by atoms with van der Waals surface area (Å²) >= 11 is 1.93. The summed E-state index contributed by atoms with van der Waals surface area (Å²) in [6, 6.07) is 2.34. The van der Waals surface area contributed by atoms with Gasteiger partial charge in [0.15, 0.2) is 0 Å². The monoisotopic (exact) mass is 178 g/mol. The van der Waals surface area contributed by atoms with E-state index in [-0.39, 0.29) is 0 Å². The predicted molar refractivity (Wildman–Crippen MR) is 55.7 cm³/mol. The standard InChI is InChI=1S/C11H14S/c1-6-5-10-8(3)7(2)9(4)11(10)12-6/h5,8H,1-4H3. The van der Waals surface area contributed by atoms with Crippen molar-refractivity contribution in [1.82, 2.24) is 0 Å². The third-order valence-electron chi connectivity index (χ3n) is 2.93. The van der Waals surface area contributed by atoms with Crippen LogP contribution in [0.25, 0.3) is 5.57 Å². The summed E-state index contributed by atoms with van der Waals surface area (Å²) in [5.41, 5.74) is 4.61. The van der Waals surface area contributed by atoms with Crippen molar-refractivity contribution in [1.29, 1.82) is 0 Å². The molecule has 0 nitrogen and oxygen atoms in total. The fourth-order valence-corrected chi connectivity index (χ4v) is 3.06. The molecule has 1 atom stereocenters. The summed E-state index contributed by atoms with van der Waals surface area (Å²) in [7, 11) is 0. The van der Waals surface area contributed by atoms with E-state index in [2.05, 4.69) is 33.8 Å². The van der Waals surface area contributed by atoms with Crippen LogP contribution in [0.1, 0.15) is 42.0 Å². The Morgan fingerprint density at radius 3 is 2.50 bits per heavy atom. The SMILES string of the molecule is CC1=C(C)C(C)c2cc(C)sc21. The molecule has 0 bridgehead atoms. The van der Waals surface area contributed by atoms with Gasteiger partial charge in [-0.3, -0.25) is 0 Å². The van der Waals surface area contributed by atoms with Crippen molar-refractivity contribution in [2.75, 3.05) is 0 Å². The van der Waals surface area contributed by atoms with E-state index < -0.39 is 0 Å². The molecule has 64 valence electrons. The number of rotatable bonds is 0. The number of hydrogen-bond donors (Lipinski definition) is 0. The van der Waals surface area contributed by atoms with Crippen molar-refractivity contribution in [2.24, 2.45) is 0 Å². The van der Waals surface area contributed by atoms with Crippen molar-refractivity contribution >= 4 is 16.9 Å². The highest BCUT2D eigenvalue weighted by atomic mass is 32.1. The fourth-order valence-electron chi connectivity index (χ4n) is 1.89. The van der Waals surface area contributed by atoms with Crippen molar-refractivity contribution in [3.8, 4) is 0 Å². The van der Waals surface area contributed by atoms with E-state index in [1.54, 1.807) is 11.1 Å². The summed E-state index contributed by atoms with van der Waals surface area (Å²) in [6.45, 7) is 8.99. The van der Waals surface area contributed by atoms with Crippen molar-refractivity contribution in [3.05, 3.63) is 27.0 Å². The largest absolute Gasteiger partial charge is 0.141 e. The molecule has 1 unspecified atom stereocenters. The first-order chi connectivity index (χ1) is 5.61. The van der Waals surface area contributed by atoms with Crippen LogP contribution in [0, 0.1) is 6.92 Å². The van der Waals surface area contributed by atoms with E-state index in [1.165, 1.54) is 15.3 Å². The van der Waals surface area contributed by atoms with Crippen LogP contribution in [0.2, 0.25) is 0 Å². The molecule has 0 amide bonds. The summed E-state index contributed by atoms with van der Waals surface area (Å²) in [5.74, 6) is 0.657. The summed E-state index contributed by atoms with van der Waals surface area (Å²) < 4.78 is 0. The molecule has 0 spiro atoms. The lowest BCUT2D eigenvalue weighted by atomic mass is 10.0. The van der Waals surface area contributed by atoms with Gasteiger partial charge in [0.25, 0.3) is 0 Å². The van der Waals surface area contributed by atoms with Crippen LogP contribution in [-0.2, 0) is 0 Å². The molecule has 1 aliphatic carbocycles. The van der Waals surface area contributed by atoms with Crippen LogP contribution in [-0.4, -0.2) is 0 Å². The van der Waals surface area contributed by atoms with Gasteiger partial charge in [0, 0.05) is 15.7 Å². The van der Waals surface area contributed by atoms with Crippen LogP contribution in [0.3, 0.4) is 0 Å². The summed E-state index contributed by atoms with van der Waals surface area (Å²) in [4.78, 5) is 2.97. The van der Waals surface area contributed by atoms with Gasteiger partial charge in [-0.1, -0.05) is 12.5 Å². The van der Waals surface area contributed by atoms with Crippen molar-refractivity contribution in [3.63, 3.8) is 0 Å². The predicted octanol–water partition coefficient (Wildman–Crippen LogP) is 3.97. The molecule has 1 aromatic heterocycles. The van der Waals surface area contributed by atoms with Crippen LogP contribution < -0.4 is 0 Å². The number of aryl methyl sites for hydroxylation is 1. The van der Waals surface area contributed by atoms with Gasteiger partial charge >= 0.3 is 0 Å². The maximum Gasteiger partial charge on any atom is 0.0340 e. The molecule has 0 N–H and O–H groups in total. The molecule has 0 aromatic carbocycles. The maximum atomic E-state index is 2.34. The Labute approximate surface area is 77.9 Å². The molecule has 0 fully saturated rings. The molecule has 1 heterocycles. The molecule has 1 heteroatoms. The average molecular weight is 178 g/mol. The zero-order valence-electron chi connectivity index (χ0n) is 8.06. The fraction of sp³-hybridized carbons (Fsp3) is 0.455. The number of allylic oxidation sites excluding steroid dienone is 2. The smallest absolute Gasteiger partial charge is 0.0340 e. The topological polar surface area (TPSA) is 0 Å². The second kappa shape index (κ2) is 2.46. The first-order valence-corrected chi connectivity index (χ1v) is 5.21. The Morgan fingerprint density at radius 2 is 1.92 bits per heavy atom. The molecule has 0 saturated heterocycles. The van der Waals surface area contributed by atoms with E-state index in [1.807, 2.05) is 11.3 Å². The molecule has 12 heavy (non-hydrogen) atoms. The molecular weight excluding hydrogens is 164 g/mol. The lowest BCUT2D eigenvalue weighted by Gasteiger charge is -2.03. The van der Waals surface area contributed by atoms with E-state index in [9.17, 15) is 0 Å². The average Bonchev–Trinajstić information content (AvgIpc) is 2.49. The van der Waals surface area contributed by atoms with Crippen LogP contribution in [0.5, 0.6) is 0 Å². The Morgan fingerprint density at radius 1 is 1.25 bits per heavy atom. The number of fused-ring (bicyclic) bond motifs is 1. The molecular formula is C11H14S. The van der Waals surface area contributed by atoms with Gasteiger partial charge in [-0.15, -0.1) is 11.3 Å². The zero-order chi connectivity index (χ0) is 8.88. The number of hydrogen-bond acceptors (Lipinski definition) is 1. The lowest BCUT2D eigenvalue weighted by molar-refractivity contribution is 0.922. The molecule has 1 aromatic rings. The van der Waals surface area contributed by atoms with Crippen molar-refractivity contribution < 1.29 is 0 Å². The van der Waals surface area contributed by atoms with Gasteiger partial charge in [-0.2, -0.15) is 0 Å². The first kappa shape index (κ1) is 8.06. The van der Waals surface area contributed by atoms with Crippen LogP contribution in [0.4, 0.5) is 0 Å². The Balaban J connectivity index is 2.63. The van der Waals surface area contributed by atoms with Gasteiger partial charge < -0.3 is 0 Å². The van der Waals surface area contributed by atoms with Gasteiger partial charge in [0.1, 0.15) is 0 Å². The highest BCUT2D eigenvalue weighted by molar-refractivity contribution is 7.13. The van der Waals surface area contributed by atoms with Gasteiger partial charge in [-0.05, 0) is 38.0 Å². The third kappa shape index (κ3) is 0.893. The minimum absolute atomic E-state index is 0.657. The summed E-state index contributed by atoms with van der Waals surface area (Å²) in [5, 5.41) is 0. The van der Waals surface area contributed by atoms with Crippen LogP contribution in [0.15, 0.2) is 11.6 Å². The van der Waals surface area contributed by atoms with Gasteiger partial charge in [0.2, 0.25) is 0 Å². The highest BCUT2D eigenvalue weighted by Gasteiger charge is 2.24. The molecule has 0 aliphatic heterocycles. The molecule has 2 rings (SSSR count). The van der Waals surface area contributed by atoms with E-state index in [0.717, 1.165) is 0 Å². The molecule has 0 radical (unpaired) electrons. The summed E-state index contributed by atoms with van der Waals surface area (Å²) in [6.07, 6.45) is 0. The van der Waals surface area contributed by atoms with Crippen molar-refractivity contribution in [2.45, 2.75) is 33.6 Å². The van der Waals surface area contributed by atoms with E-state index in [4.69, 9.17) is 0 Å². The minimum atomic E-state index is 0.657. The highest BCUT2D eigenvalue weighted by Crippen LogP contribution is 2.45. The molecule has 1 aliphatic rings. The lowest BCUT2D eigenvalue weighted by Crippen LogP contribution is -1.86. The third-order valence-corrected chi connectivity index (χ3v) is 4.12. The van der Waals surface area contributed by atoms with E-state index >= 15 is 0 Å². The second-order valence-corrected chi connectivity index (χ2v) is 4.93. The number of thiophene rings is 1. The Hall–Kier alpha value is -0.560.